The van der Waals surface area contributed by atoms with E-state index in [2.05, 4.69) is 34.1 Å². The second-order valence-electron chi connectivity index (χ2n) is 8.86. The van der Waals surface area contributed by atoms with Gasteiger partial charge in [-0.2, -0.15) is 0 Å². The Morgan fingerprint density at radius 1 is 0.914 bits per heavy atom. The van der Waals surface area contributed by atoms with Crippen LogP contribution in [0.5, 0.6) is 11.5 Å². The summed E-state index contributed by atoms with van der Waals surface area (Å²) in [5.41, 5.74) is 5.05. The summed E-state index contributed by atoms with van der Waals surface area (Å²) < 4.78 is 5.70. The van der Waals surface area contributed by atoms with Gasteiger partial charge in [-0.15, -0.1) is 0 Å². The van der Waals surface area contributed by atoms with Gasteiger partial charge in [0.2, 0.25) is 0 Å². The van der Waals surface area contributed by atoms with Gasteiger partial charge in [-0.25, -0.2) is 0 Å². The number of carbonyl (C=O) groups is 1. The first kappa shape index (κ1) is 24.6. The molecule has 1 fully saturated rings. The fourth-order valence-corrected chi connectivity index (χ4v) is 4.65. The van der Waals surface area contributed by atoms with E-state index in [1.807, 2.05) is 49.1 Å². The Labute approximate surface area is 208 Å². The molecule has 3 aromatic rings. The molecule has 1 saturated heterocycles. The van der Waals surface area contributed by atoms with Gasteiger partial charge in [0.15, 0.2) is 0 Å². The van der Waals surface area contributed by atoms with E-state index in [0.29, 0.717) is 0 Å². The third kappa shape index (κ3) is 5.77. The third-order valence-electron chi connectivity index (χ3n) is 6.76. The fraction of sp³-hybridized carbons (Fsp3) is 0.345. The first-order valence-electron chi connectivity index (χ1n) is 12.3. The SMILES string of the molecule is CCN(CC)C(=O)c1ccc(N2CCN(Cc3ccc(-c4cccc(O)c4)cc3OC)CC2)cc1. The van der Waals surface area contributed by atoms with E-state index in [9.17, 15) is 9.90 Å². The van der Waals surface area contributed by atoms with Crippen molar-refractivity contribution in [3.8, 4) is 22.6 Å². The van der Waals surface area contributed by atoms with Crippen molar-refractivity contribution in [3.63, 3.8) is 0 Å². The van der Waals surface area contributed by atoms with Crippen molar-refractivity contribution in [2.75, 3.05) is 51.3 Å². The van der Waals surface area contributed by atoms with Crippen molar-refractivity contribution in [2.24, 2.45) is 0 Å². The van der Waals surface area contributed by atoms with Crippen LogP contribution in [0.4, 0.5) is 5.69 Å². The summed E-state index contributed by atoms with van der Waals surface area (Å²) in [6, 6.07) is 21.5. The average Bonchev–Trinajstić information content (AvgIpc) is 2.90. The maximum Gasteiger partial charge on any atom is 0.253 e. The molecule has 0 saturated carbocycles. The standard InChI is InChI=1S/C29H35N3O3/c1-4-31(5-2)29(34)22-11-13-26(14-12-22)32-17-15-30(16-18-32)21-25-10-9-24(20-28(25)35-3)23-7-6-8-27(33)19-23/h6-14,19-20,33H,4-5,15-18,21H2,1-3H3. The number of hydrogen-bond donors (Lipinski definition) is 1. The van der Waals surface area contributed by atoms with E-state index in [0.717, 1.165) is 79.5 Å². The monoisotopic (exact) mass is 473 g/mol. The number of benzene rings is 3. The van der Waals surface area contributed by atoms with Crippen LogP contribution in [0.2, 0.25) is 0 Å². The van der Waals surface area contributed by atoms with Gasteiger partial charge in [0.05, 0.1) is 7.11 Å². The van der Waals surface area contributed by atoms with E-state index in [1.54, 1.807) is 19.2 Å². The van der Waals surface area contributed by atoms with Gasteiger partial charge < -0.3 is 19.6 Å². The van der Waals surface area contributed by atoms with Crippen molar-refractivity contribution in [2.45, 2.75) is 20.4 Å². The second kappa shape index (κ2) is 11.3. The van der Waals surface area contributed by atoms with E-state index in [-0.39, 0.29) is 11.7 Å². The lowest BCUT2D eigenvalue weighted by molar-refractivity contribution is 0.0773. The van der Waals surface area contributed by atoms with E-state index in [4.69, 9.17) is 4.74 Å². The topological polar surface area (TPSA) is 56.3 Å². The third-order valence-corrected chi connectivity index (χ3v) is 6.76. The van der Waals surface area contributed by atoms with Crippen LogP contribution >= 0.6 is 0 Å². The smallest absolute Gasteiger partial charge is 0.253 e. The van der Waals surface area contributed by atoms with E-state index >= 15 is 0 Å². The van der Waals surface area contributed by atoms with Gasteiger partial charge in [-0.1, -0.05) is 24.3 Å². The zero-order chi connectivity index (χ0) is 24.8. The van der Waals surface area contributed by atoms with Crippen molar-refractivity contribution in [3.05, 3.63) is 77.9 Å². The second-order valence-corrected chi connectivity index (χ2v) is 8.86. The molecule has 0 spiro atoms. The number of phenolic OH excluding ortho intramolecular Hbond substituents is 1. The number of rotatable bonds is 8. The lowest BCUT2D eigenvalue weighted by Gasteiger charge is -2.36. The van der Waals surface area contributed by atoms with Crippen molar-refractivity contribution >= 4 is 11.6 Å². The molecule has 1 heterocycles. The number of methoxy groups -OCH3 is 1. The molecular weight excluding hydrogens is 438 g/mol. The maximum absolute atomic E-state index is 12.6. The Morgan fingerprint density at radius 3 is 2.23 bits per heavy atom. The van der Waals surface area contributed by atoms with Gasteiger partial charge in [-0.05, 0) is 67.4 Å². The van der Waals surface area contributed by atoms with Crippen molar-refractivity contribution < 1.29 is 14.6 Å². The molecule has 3 aromatic carbocycles. The lowest BCUT2D eigenvalue weighted by atomic mass is 10.0. The highest BCUT2D eigenvalue weighted by Gasteiger charge is 2.20. The molecule has 0 aliphatic carbocycles. The van der Waals surface area contributed by atoms with Crippen LogP contribution in [0.15, 0.2) is 66.7 Å². The number of phenols is 1. The highest BCUT2D eigenvalue weighted by molar-refractivity contribution is 5.94. The molecule has 6 heteroatoms. The van der Waals surface area contributed by atoms with Gasteiger partial charge in [-0.3, -0.25) is 9.69 Å². The average molecular weight is 474 g/mol. The number of hydrogen-bond acceptors (Lipinski definition) is 5. The number of piperazine rings is 1. The Balaban J connectivity index is 1.36. The first-order chi connectivity index (χ1) is 17.0. The summed E-state index contributed by atoms with van der Waals surface area (Å²) in [5.74, 6) is 1.21. The summed E-state index contributed by atoms with van der Waals surface area (Å²) in [7, 11) is 1.71. The minimum Gasteiger partial charge on any atom is -0.508 e. The van der Waals surface area contributed by atoms with Gasteiger partial charge in [0, 0.05) is 62.6 Å². The number of ether oxygens (including phenoxy) is 1. The Hall–Kier alpha value is -3.51. The maximum atomic E-state index is 12.6. The highest BCUT2D eigenvalue weighted by Crippen LogP contribution is 2.30. The molecule has 1 N–H and O–H groups in total. The molecule has 184 valence electrons. The van der Waals surface area contributed by atoms with Crippen molar-refractivity contribution in [1.29, 1.82) is 0 Å². The van der Waals surface area contributed by atoms with Gasteiger partial charge in [0.25, 0.3) is 5.91 Å². The minimum atomic E-state index is 0.0930. The van der Waals surface area contributed by atoms with Crippen LogP contribution in [0.25, 0.3) is 11.1 Å². The molecule has 1 aliphatic heterocycles. The lowest BCUT2D eigenvalue weighted by Crippen LogP contribution is -2.46. The number of anilines is 1. The normalized spacial score (nSPS) is 14.1. The molecule has 0 aromatic heterocycles. The Kier molecular flexibility index (Phi) is 7.93. The Morgan fingerprint density at radius 2 is 1.60 bits per heavy atom. The summed E-state index contributed by atoms with van der Waals surface area (Å²) >= 11 is 0. The summed E-state index contributed by atoms with van der Waals surface area (Å²) in [6.07, 6.45) is 0. The predicted molar refractivity (Wildman–Crippen MR) is 141 cm³/mol. The number of nitrogens with zero attached hydrogens (tertiary/aromatic N) is 3. The molecule has 4 rings (SSSR count). The Bertz CT molecular complexity index is 1130. The summed E-state index contributed by atoms with van der Waals surface area (Å²) in [6.45, 7) is 10.1. The minimum absolute atomic E-state index is 0.0930. The van der Waals surface area contributed by atoms with Crippen LogP contribution < -0.4 is 9.64 Å². The molecule has 0 atom stereocenters. The molecule has 0 radical (unpaired) electrons. The van der Waals surface area contributed by atoms with E-state index < -0.39 is 0 Å². The molecule has 1 aliphatic rings. The number of amides is 1. The summed E-state index contributed by atoms with van der Waals surface area (Å²) in [5, 5.41) is 9.80. The van der Waals surface area contributed by atoms with Crippen LogP contribution in [-0.2, 0) is 6.54 Å². The predicted octanol–water partition coefficient (Wildman–Crippen LogP) is 4.87. The quantitative estimate of drug-likeness (QED) is 0.506. The largest absolute Gasteiger partial charge is 0.508 e. The number of carbonyl (C=O) groups excluding carboxylic acids is 1. The first-order valence-corrected chi connectivity index (χ1v) is 12.3. The van der Waals surface area contributed by atoms with E-state index in [1.165, 1.54) is 0 Å². The molecule has 6 nitrogen and oxygen atoms in total. The molecule has 0 unspecified atom stereocenters. The molecule has 0 bridgehead atoms. The molecule has 1 amide bonds. The highest BCUT2D eigenvalue weighted by atomic mass is 16.5. The van der Waals surface area contributed by atoms with Crippen LogP contribution in [0.3, 0.4) is 0 Å². The molecule has 35 heavy (non-hydrogen) atoms. The summed E-state index contributed by atoms with van der Waals surface area (Å²) in [4.78, 5) is 19.2. The number of aromatic hydroxyl groups is 1. The molecular formula is C29H35N3O3. The van der Waals surface area contributed by atoms with Crippen LogP contribution in [-0.4, -0.2) is 67.2 Å². The van der Waals surface area contributed by atoms with Crippen LogP contribution in [0, 0.1) is 0 Å². The fourth-order valence-electron chi connectivity index (χ4n) is 4.65. The van der Waals surface area contributed by atoms with Crippen LogP contribution in [0.1, 0.15) is 29.8 Å². The zero-order valence-corrected chi connectivity index (χ0v) is 20.9. The zero-order valence-electron chi connectivity index (χ0n) is 20.9. The van der Waals surface area contributed by atoms with Gasteiger partial charge in [0.1, 0.15) is 11.5 Å². The van der Waals surface area contributed by atoms with Gasteiger partial charge >= 0.3 is 0 Å². The van der Waals surface area contributed by atoms with Crippen molar-refractivity contribution in [1.82, 2.24) is 9.80 Å².